The van der Waals surface area contributed by atoms with E-state index in [-0.39, 0.29) is 18.5 Å². The molecule has 1 amide bonds. The van der Waals surface area contributed by atoms with Crippen LogP contribution in [0.15, 0.2) is 39.6 Å². The standard InChI is InChI=1S/C23H32N4O4/c28-20(16-27-22(25-31-23(27)30)18-8-2-1-3-9-18)15-26-12-10-19(11-13-26)24-21(29)14-17-6-4-5-7-17/h1-3,8-9,17,19-20,28H,4-7,10-16H2,(H,24,29). The number of aromatic nitrogens is 2. The molecule has 8 heteroatoms. The van der Waals surface area contributed by atoms with Gasteiger partial charge in [-0.05, 0) is 31.6 Å². The molecule has 0 radical (unpaired) electrons. The van der Waals surface area contributed by atoms with Crippen LogP contribution in [0.2, 0.25) is 0 Å². The third-order valence-corrected chi connectivity index (χ3v) is 6.48. The summed E-state index contributed by atoms with van der Waals surface area (Å²) in [6.45, 7) is 2.23. The van der Waals surface area contributed by atoms with Gasteiger partial charge in [-0.3, -0.25) is 13.9 Å². The molecule has 31 heavy (non-hydrogen) atoms. The summed E-state index contributed by atoms with van der Waals surface area (Å²) >= 11 is 0. The number of hydrogen-bond acceptors (Lipinski definition) is 6. The summed E-state index contributed by atoms with van der Waals surface area (Å²) in [5.41, 5.74) is 0.773. The third-order valence-electron chi connectivity index (χ3n) is 6.48. The van der Waals surface area contributed by atoms with Crippen LogP contribution in [0.5, 0.6) is 0 Å². The molecule has 2 aliphatic rings. The molecular weight excluding hydrogens is 396 g/mol. The van der Waals surface area contributed by atoms with E-state index in [0.717, 1.165) is 31.5 Å². The average Bonchev–Trinajstić information content (AvgIpc) is 3.40. The van der Waals surface area contributed by atoms with Crippen molar-refractivity contribution in [2.75, 3.05) is 19.6 Å². The number of nitrogens with zero attached hydrogens (tertiary/aromatic N) is 3. The van der Waals surface area contributed by atoms with Crippen LogP contribution < -0.4 is 11.1 Å². The van der Waals surface area contributed by atoms with Gasteiger partial charge < -0.3 is 15.3 Å². The molecule has 1 aromatic heterocycles. The Morgan fingerprint density at radius 2 is 1.84 bits per heavy atom. The largest absolute Gasteiger partial charge is 0.441 e. The van der Waals surface area contributed by atoms with Crippen molar-refractivity contribution in [3.05, 3.63) is 40.9 Å². The van der Waals surface area contributed by atoms with Gasteiger partial charge in [0.2, 0.25) is 5.91 Å². The first kappa shape index (κ1) is 21.8. The molecule has 1 saturated heterocycles. The summed E-state index contributed by atoms with van der Waals surface area (Å²) in [7, 11) is 0. The molecule has 8 nitrogen and oxygen atoms in total. The van der Waals surface area contributed by atoms with Crippen LogP contribution >= 0.6 is 0 Å². The summed E-state index contributed by atoms with van der Waals surface area (Å²) in [6.07, 6.45) is 6.59. The number of benzene rings is 1. The predicted molar refractivity (Wildman–Crippen MR) is 116 cm³/mol. The van der Waals surface area contributed by atoms with Crippen molar-refractivity contribution < 1.29 is 14.4 Å². The van der Waals surface area contributed by atoms with Crippen LogP contribution in [0.25, 0.3) is 11.4 Å². The van der Waals surface area contributed by atoms with Gasteiger partial charge in [-0.15, -0.1) is 0 Å². The number of likely N-dealkylation sites (tertiary alicyclic amines) is 1. The van der Waals surface area contributed by atoms with Crippen molar-refractivity contribution in [1.29, 1.82) is 0 Å². The number of hydrogen-bond donors (Lipinski definition) is 2. The highest BCUT2D eigenvalue weighted by Crippen LogP contribution is 2.27. The number of carbonyl (C=O) groups excluding carboxylic acids is 1. The molecule has 1 saturated carbocycles. The monoisotopic (exact) mass is 428 g/mol. The molecule has 2 N–H and O–H groups in total. The Balaban J connectivity index is 1.24. The fraction of sp³-hybridized carbons (Fsp3) is 0.609. The summed E-state index contributed by atoms with van der Waals surface area (Å²) < 4.78 is 6.22. The van der Waals surface area contributed by atoms with Gasteiger partial charge >= 0.3 is 5.76 Å². The van der Waals surface area contributed by atoms with Gasteiger partial charge in [-0.2, -0.15) is 0 Å². The maximum absolute atomic E-state index is 12.3. The van der Waals surface area contributed by atoms with Crippen LogP contribution in [0, 0.1) is 5.92 Å². The first-order chi connectivity index (χ1) is 15.1. The molecule has 4 rings (SSSR count). The normalized spacial score (nSPS) is 19.5. The molecule has 1 aliphatic heterocycles. The van der Waals surface area contributed by atoms with Crippen LogP contribution in [0.4, 0.5) is 0 Å². The van der Waals surface area contributed by atoms with E-state index in [1.54, 1.807) is 0 Å². The van der Waals surface area contributed by atoms with Crippen molar-refractivity contribution >= 4 is 5.91 Å². The van der Waals surface area contributed by atoms with E-state index in [1.807, 2.05) is 30.3 Å². The topological polar surface area (TPSA) is 101 Å². The van der Waals surface area contributed by atoms with E-state index in [0.29, 0.717) is 24.7 Å². The van der Waals surface area contributed by atoms with Crippen molar-refractivity contribution in [2.45, 2.75) is 63.6 Å². The molecular formula is C23H32N4O4. The molecule has 2 aromatic rings. The van der Waals surface area contributed by atoms with E-state index < -0.39 is 11.9 Å². The number of β-amino-alcohol motifs (C(OH)–C–C–N with tert-alkyl or cyclic N) is 1. The number of nitrogens with one attached hydrogen (secondary N) is 1. The summed E-state index contributed by atoms with van der Waals surface area (Å²) in [6, 6.07) is 9.55. The van der Waals surface area contributed by atoms with Gasteiger partial charge in [0.1, 0.15) is 0 Å². The fourth-order valence-corrected chi connectivity index (χ4v) is 4.81. The molecule has 2 fully saturated rings. The molecule has 0 bridgehead atoms. The number of piperidine rings is 1. The SMILES string of the molecule is O=C(CC1CCCC1)NC1CCN(CC(O)Cn2c(-c3ccccc3)noc2=O)CC1. The number of aliphatic hydroxyl groups is 1. The maximum Gasteiger partial charge on any atom is 0.441 e. The zero-order chi connectivity index (χ0) is 21.6. The molecule has 1 atom stereocenters. The third kappa shape index (κ3) is 5.83. The molecule has 1 unspecified atom stereocenters. The van der Waals surface area contributed by atoms with Crippen molar-refractivity contribution in [3.8, 4) is 11.4 Å². The van der Waals surface area contributed by atoms with Crippen LogP contribution in [-0.4, -0.2) is 57.4 Å². The number of aliphatic hydroxyl groups excluding tert-OH is 1. The van der Waals surface area contributed by atoms with Gasteiger partial charge in [-0.25, -0.2) is 4.79 Å². The predicted octanol–water partition coefficient (Wildman–Crippen LogP) is 2.03. The van der Waals surface area contributed by atoms with E-state index in [9.17, 15) is 14.7 Å². The highest BCUT2D eigenvalue weighted by Gasteiger charge is 2.25. The molecule has 1 aromatic carbocycles. The minimum absolute atomic E-state index is 0.130. The van der Waals surface area contributed by atoms with E-state index in [1.165, 1.54) is 30.3 Å². The van der Waals surface area contributed by atoms with Gasteiger partial charge in [0.15, 0.2) is 5.82 Å². The first-order valence-electron chi connectivity index (χ1n) is 11.4. The number of amides is 1. The Labute approximate surface area is 182 Å². The van der Waals surface area contributed by atoms with Crippen LogP contribution in [-0.2, 0) is 11.3 Å². The number of carbonyl (C=O) groups is 1. The zero-order valence-electron chi connectivity index (χ0n) is 17.9. The van der Waals surface area contributed by atoms with Crippen molar-refractivity contribution in [1.82, 2.24) is 19.9 Å². The minimum Gasteiger partial charge on any atom is -0.390 e. The maximum atomic E-state index is 12.3. The highest BCUT2D eigenvalue weighted by atomic mass is 16.5. The lowest BCUT2D eigenvalue weighted by molar-refractivity contribution is -0.123. The second-order valence-corrected chi connectivity index (χ2v) is 8.90. The highest BCUT2D eigenvalue weighted by molar-refractivity contribution is 5.76. The van der Waals surface area contributed by atoms with Gasteiger partial charge in [0.25, 0.3) is 0 Å². The fourth-order valence-electron chi connectivity index (χ4n) is 4.81. The summed E-state index contributed by atoms with van der Waals surface area (Å²) in [5.74, 6) is 0.609. The average molecular weight is 429 g/mol. The molecule has 1 aliphatic carbocycles. The second kappa shape index (κ2) is 10.2. The Bertz CT molecular complexity index is 896. The van der Waals surface area contributed by atoms with E-state index in [2.05, 4.69) is 15.4 Å². The lowest BCUT2D eigenvalue weighted by Crippen LogP contribution is -2.47. The lowest BCUT2D eigenvalue weighted by Gasteiger charge is -2.33. The smallest absolute Gasteiger partial charge is 0.390 e. The number of rotatable bonds is 8. The Morgan fingerprint density at radius 1 is 1.13 bits per heavy atom. The van der Waals surface area contributed by atoms with Gasteiger partial charge in [-0.1, -0.05) is 48.3 Å². The lowest BCUT2D eigenvalue weighted by atomic mass is 10.0. The van der Waals surface area contributed by atoms with Crippen LogP contribution in [0.3, 0.4) is 0 Å². The minimum atomic E-state index is -0.715. The van der Waals surface area contributed by atoms with Crippen molar-refractivity contribution in [2.24, 2.45) is 5.92 Å². The second-order valence-electron chi connectivity index (χ2n) is 8.90. The molecule has 2 heterocycles. The quantitative estimate of drug-likeness (QED) is 0.667. The van der Waals surface area contributed by atoms with Gasteiger partial charge in [0.05, 0.1) is 12.6 Å². The molecule has 168 valence electrons. The van der Waals surface area contributed by atoms with Crippen molar-refractivity contribution in [3.63, 3.8) is 0 Å². The van der Waals surface area contributed by atoms with E-state index in [4.69, 9.17) is 4.52 Å². The Hall–Kier alpha value is -2.45. The van der Waals surface area contributed by atoms with E-state index >= 15 is 0 Å². The Kier molecular flexibility index (Phi) is 7.19. The summed E-state index contributed by atoms with van der Waals surface area (Å²) in [4.78, 5) is 26.5. The molecule has 0 spiro atoms. The van der Waals surface area contributed by atoms with Crippen LogP contribution in [0.1, 0.15) is 44.9 Å². The first-order valence-corrected chi connectivity index (χ1v) is 11.4. The van der Waals surface area contributed by atoms with Gasteiger partial charge in [0, 0.05) is 37.7 Å². The summed E-state index contributed by atoms with van der Waals surface area (Å²) in [5, 5.41) is 17.7. The Morgan fingerprint density at radius 3 is 2.55 bits per heavy atom. The zero-order valence-corrected chi connectivity index (χ0v) is 17.9.